The summed E-state index contributed by atoms with van der Waals surface area (Å²) >= 11 is 0. The van der Waals surface area contributed by atoms with Crippen LogP contribution in [0, 0.1) is 0 Å². The van der Waals surface area contributed by atoms with Gasteiger partial charge in [0, 0.05) is 6.54 Å². The van der Waals surface area contributed by atoms with Crippen LogP contribution in [0.2, 0.25) is 0 Å². The van der Waals surface area contributed by atoms with Gasteiger partial charge in [-0.05, 0) is 19.9 Å². The minimum atomic E-state index is 0.456. The van der Waals surface area contributed by atoms with Crippen molar-refractivity contribution in [3.63, 3.8) is 0 Å². The second-order valence-corrected chi connectivity index (χ2v) is 2.77. The van der Waals surface area contributed by atoms with E-state index in [9.17, 15) is 0 Å². The summed E-state index contributed by atoms with van der Waals surface area (Å²) in [5, 5.41) is 11.2. The van der Waals surface area contributed by atoms with E-state index >= 15 is 0 Å². The first kappa shape index (κ1) is 6.79. The molecule has 1 saturated heterocycles. The van der Waals surface area contributed by atoms with E-state index < -0.39 is 0 Å². The first-order chi connectivity index (χ1) is 5.42. The summed E-state index contributed by atoms with van der Waals surface area (Å²) in [4.78, 5) is 0. The van der Waals surface area contributed by atoms with Crippen LogP contribution in [0.15, 0.2) is 6.33 Å². The third-order valence-corrected chi connectivity index (χ3v) is 2.12. The molecule has 0 spiro atoms. The van der Waals surface area contributed by atoms with E-state index in [1.807, 2.05) is 0 Å². The Labute approximate surface area is 65.6 Å². The Hall–Kier alpha value is -0.900. The fourth-order valence-electron chi connectivity index (χ4n) is 1.29. The molecule has 2 heterocycles. The lowest BCUT2D eigenvalue weighted by Crippen LogP contribution is -2.36. The zero-order valence-electron chi connectivity index (χ0n) is 6.62. The van der Waals surface area contributed by atoms with Gasteiger partial charge >= 0.3 is 0 Å². The van der Waals surface area contributed by atoms with Crippen LogP contribution < -0.4 is 5.32 Å². The highest BCUT2D eigenvalue weighted by molar-refractivity contribution is 4.99. The number of aromatic nitrogens is 3. The van der Waals surface area contributed by atoms with Gasteiger partial charge in [-0.25, -0.2) is 0 Å². The molecule has 11 heavy (non-hydrogen) atoms. The molecule has 1 aliphatic rings. The monoisotopic (exact) mass is 152 g/mol. The number of rotatable bonds is 2. The van der Waals surface area contributed by atoms with Crippen LogP contribution >= 0.6 is 0 Å². The number of aryl methyl sites for hydroxylation is 1. The van der Waals surface area contributed by atoms with E-state index in [0.29, 0.717) is 6.04 Å². The summed E-state index contributed by atoms with van der Waals surface area (Å²) in [7, 11) is 0. The van der Waals surface area contributed by atoms with Crippen LogP contribution in [-0.2, 0) is 6.54 Å². The molecule has 4 heteroatoms. The number of hydrogen-bond donors (Lipinski definition) is 1. The maximum atomic E-state index is 4.06. The Kier molecular flexibility index (Phi) is 1.62. The van der Waals surface area contributed by atoms with Gasteiger partial charge in [0.25, 0.3) is 0 Å². The van der Waals surface area contributed by atoms with Crippen LogP contribution in [0.1, 0.15) is 25.2 Å². The summed E-state index contributed by atoms with van der Waals surface area (Å²) in [5.41, 5.74) is 0. The van der Waals surface area contributed by atoms with Crippen molar-refractivity contribution in [1.82, 2.24) is 20.1 Å². The highest BCUT2D eigenvalue weighted by Gasteiger charge is 2.22. The van der Waals surface area contributed by atoms with Gasteiger partial charge < -0.3 is 9.88 Å². The van der Waals surface area contributed by atoms with E-state index in [4.69, 9.17) is 0 Å². The summed E-state index contributed by atoms with van der Waals surface area (Å²) in [5.74, 6) is 1.08. The Morgan fingerprint density at radius 3 is 3.18 bits per heavy atom. The van der Waals surface area contributed by atoms with Gasteiger partial charge in [-0.3, -0.25) is 0 Å². The van der Waals surface area contributed by atoms with Gasteiger partial charge in [-0.2, -0.15) is 0 Å². The SMILES string of the molecule is CCn1cnnc1C1CCN1. The predicted molar refractivity (Wildman–Crippen MR) is 41.1 cm³/mol. The van der Waals surface area contributed by atoms with E-state index in [1.54, 1.807) is 6.33 Å². The minimum absolute atomic E-state index is 0.456. The van der Waals surface area contributed by atoms with E-state index in [1.165, 1.54) is 6.42 Å². The molecule has 1 aliphatic heterocycles. The molecule has 4 nitrogen and oxygen atoms in total. The smallest absolute Gasteiger partial charge is 0.150 e. The van der Waals surface area contributed by atoms with E-state index in [0.717, 1.165) is 18.9 Å². The average Bonchev–Trinajstić information content (AvgIpc) is 2.32. The molecule has 1 aromatic heterocycles. The Morgan fingerprint density at radius 2 is 2.64 bits per heavy atom. The second kappa shape index (κ2) is 2.62. The molecule has 2 rings (SSSR count). The molecule has 0 aliphatic carbocycles. The average molecular weight is 152 g/mol. The molecule has 1 unspecified atom stereocenters. The van der Waals surface area contributed by atoms with Gasteiger partial charge in [0.05, 0.1) is 6.04 Å². The standard InChI is InChI=1S/C7H12N4/c1-2-11-5-9-10-7(11)6-3-4-8-6/h5-6,8H,2-4H2,1H3. The molecule has 0 saturated carbocycles. The molecule has 0 radical (unpaired) electrons. The van der Waals surface area contributed by atoms with Gasteiger partial charge in [-0.1, -0.05) is 0 Å². The second-order valence-electron chi connectivity index (χ2n) is 2.77. The molecule has 1 atom stereocenters. The lowest BCUT2D eigenvalue weighted by molar-refractivity contribution is 0.354. The van der Waals surface area contributed by atoms with Gasteiger partial charge in [0.2, 0.25) is 0 Å². The lowest BCUT2D eigenvalue weighted by atomic mass is 10.1. The van der Waals surface area contributed by atoms with Crippen molar-refractivity contribution in [2.24, 2.45) is 0 Å². The molecule has 0 aromatic carbocycles. The zero-order chi connectivity index (χ0) is 7.68. The van der Waals surface area contributed by atoms with Crippen LogP contribution in [0.25, 0.3) is 0 Å². The molecule has 0 bridgehead atoms. The highest BCUT2D eigenvalue weighted by atomic mass is 15.3. The van der Waals surface area contributed by atoms with E-state index in [2.05, 4.69) is 27.0 Å². The van der Waals surface area contributed by atoms with Crippen molar-refractivity contribution in [3.8, 4) is 0 Å². The Balaban J connectivity index is 2.20. The molecule has 1 fully saturated rings. The summed E-state index contributed by atoms with van der Waals surface area (Å²) in [6, 6.07) is 0.456. The predicted octanol–water partition coefficient (Wildman–Crippen LogP) is 0.332. The minimum Gasteiger partial charge on any atom is -0.317 e. The van der Waals surface area contributed by atoms with Gasteiger partial charge in [0.15, 0.2) is 0 Å². The maximum Gasteiger partial charge on any atom is 0.150 e. The normalized spacial score (nSPS) is 23.2. The number of nitrogens with one attached hydrogen (secondary N) is 1. The van der Waals surface area contributed by atoms with Gasteiger partial charge in [0.1, 0.15) is 12.2 Å². The molecule has 1 aromatic rings. The maximum absolute atomic E-state index is 4.06. The fourth-order valence-corrected chi connectivity index (χ4v) is 1.29. The number of nitrogens with zero attached hydrogens (tertiary/aromatic N) is 3. The van der Waals surface area contributed by atoms with Crippen molar-refractivity contribution >= 4 is 0 Å². The molecule has 1 N–H and O–H groups in total. The highest BCUT2D eigenvalue weighted by Crippen LogP contribution is 2.19. The zero-order valence-corrected chi connectivity index (χ0v) is 6.62. The van der Waals surface area contributed by atoms with Crippen molar-refractivity contribution in [2.75, 3.05) is 6.54 Å². The van der Waals surface area contributed by atoms with Crippen LogP contribution in [0.5, 0.6) is 0 Å². The van der Waals surface area contributed by atoms with Crippen molar-refractivity contribution in [3.05, 3.63) is 12.2 Å². The first-order valence-electron chi connectivity index (χ1n) is 4.03. The topological polar surface area (TPSA) is 42.7 Å². The fraction of sp³-hybridized carbons (Fsp3) is 0.714. The summed E-state index contributed by atoms with van der Waals surface area (Å²) < 4.78 is 2.08. The van der Waals surface area contributed by atoms with Crippen LogP contribution in [0.4, 0.5) is 0 Å². The molecule has 0 amide bonds. The van der Waals surface area contributed by atoms with Crippen molar-refractivity contribution < 1.29 is 0 Å². The summed E-state index contributed by atoms with van der Waals surface area (Å²) in [6.07, 6.45) is 2.98. The third-order valence-electron chi connectivity index (χ3n) is 2.12. The molecule has 60 valence electrons. The third kappa shape index (κ3) is 1.03. The largest absolute Gasteiger partial charge is 0.317 e. The van der Waals surface area contributed by atoms with Crippen LogP contribution in [-0.4, -0.2) is 21.3 Å². The van der Waals surface area contributed by atoms with Crippen LogP contribution in [0.3, 0.4) is 0 Å². The number of hydrogen-bond acceptors (Lipinski definition) is 3. The summed E-state index contributed by atoms with van der Waals surface area (Å²) in [6.45, 7) is 4.17. The van der Waals surface area contributed by atoms with Gasteiger partial charge in [-0.15, -0.1) is 10.2 Å². The Bertz CT molecular complexity index is 238. The van der Waals surface area contributed by atoms with Crippen molar-refractivity contribution in [2.45, 2.75) is 25.9 Å². The van der Waals surface area contributed by atoms with Crippen molar-refractivity contribution in [1.29, 1.82) is 0 Å². The lowest BCUT2D eigenvalue weighted by Gasteiger charge is -2.26. The Morgan fingerprint density at radius 1 is 1.82 bits per heavy atom. The molecular weight excluding hydrogens is 140 g/mol. The van der Waals surface area contributed by atoms with E-state index in [-0.39, 0.29) is 0 Å². The molecular formula is C7H12N4. The first-order valence-corrected chi connectivity index (χ1v) is 4.03. The quantitative estimate of drug-likeness (QED) is 0.664.